The van der Waals surface area contributed by atoms with E-state index in [1.165, 1.54) is 36.2 Å². The normalized spacial score (nSPS) is 16.0. The van der Waals surface area contributed by atoms with Crippen molar-refractivity contribution in [2.45, 2.75) is 96.8 Å². The Hall–Kier alpha value is -2.69. The fourth-order valence-electron chi connectivity index (χ4n) is 4.82. The quantitative estimate of drug-likeness (QED) is 0.314. The number of carboxylic acid groups (broad SMARTS) is 1. The van der Waals surface area contributed by atoms with Crippen LogP contribution in [-0.4, -0.2) is 28.6 Å². The highest BCUT2D eigenvalue weighted by atomic mass is 16.5. The first-order valence-corrected chi connectivity index (χ1v) is 12.6. The number of rotatable bonds is 10. The predicted octanol–water partition coefficient (Wildman–Crippen LogP) is 6.65. The third-order valence-electron chi connectivity index (χ3n) is 7.26. The Labute approximate surface area is 204 Å². The lowest BCUT2D eigenvalue weighted by atomic mass is 9.62. The van der Waals surface area contributed by atoms with Gasteiger partial charge in [-0.05, 0) is 71.4 Å². The number of aryl methyl sites for hydroxylation is 1. The lowest BCUT2D eigenvalue weighted by molar-refractivity contribution is 0.0506. The van der Waals surface area contributed by atoms with Gasteiger partial charge < -0.3 is 9.84 Å². The van der Waals surface area contributed by atoms with E-state index in [-0.39, 0.29) is 29.0 Å². The average Bonchev–Trinajstić information content (AvgIpc) is 2.79. The van der Waals surface area contributed by atoms with E-state index < -0.39 is 5.97 Å². The van der Waals surface area contributed by atoms with E-state index in [9.17, 15) is 9.59 Å². The maximum atomic E-state index is 13.2. The zero-order valence-electron chi connectivity index (χ0n) is 21.4. The van der Waals surface area contributed by atoms with E-state index in [4.69, 9.17) is 9.84 Å². The Bertz CT molecular complexity index is 1020. The van der Waals surface area contributed by atoms with Crippen molar-refractivity contribution in [3.05, 3.63) is 64.0 Å². The Morgan fingerprint density at radius 3 is 2.24 bits per heavy atom. The first-order valence-electron chi connectivity index (χ1n) is 12.6. The van der Waals surface area contributed by atoms with Gasteiger partial charge in [0.15, 0.2) is 0 Å². The molecule has 0 atom stereocenters. The first kappa shape index (κ1) is 25.9. The average molecular weight is 466 g/mol. The van der Waals surface area contributed by atoms with E-state index in [0.717, 1.165) is 37.7 Å². The van der Waals surface area contributed by atoms with Crippen LogP contribution in [-0.2, 0) is 28.4 Å². The molecular formula is C29H39NO4. The Balaban J connectivity index is 1.81. The number of fused-ring (bicyclic) bond motifs is 1. The largest absolute Gasteiger partial charge is 0.478 e. The molecule has 0 amide bonds. The third kappa shape index (κ3) is 6.05. The second-order valence-electron chi connectivity index (χ2n) is 10.9. The molecule has 0 saturated carbocycles. The van der Waals surface area contributed by atoms with Crippen molar-refractivity contribution < 1.29 is 19.4 Å². The van der Waals surface area contributed by atoms with Crippen molar-refractivity contribution in [1.29, 1.82) is 0 Å². The van der Waals surface area contributed by atoms with Gasteiger partial charge in [-0.15, -0.1) is 0 Å². The van der Waals surface area contributed by atoms with Gasteiger partial charge in [-0.2, -0.15) is 0 Å². The molecule has 1 aromatic carbocycles. The molecule has 0 radical (unpaired) electrons. The van der Waals surface area contributed by atoms with E-state index in [1.54, 1.807) is 6.07 Å². The zero-order chi connectivity index (χ0) is 24.9. The highest BCUT2D eigenvalue weighted by Crippen LogP contribution is 2.46. The second-order valence-corrected chi connectivity index (χ2v) is 10.9. The summed E-state index contributed by atoms with van der Waals surface area (Å²) in [6, 6.07) is 7.58. The Morgan fingerprint density at radius 1 is 0.971 bits per heavy atom. The molecule has 1 aromatic heterocycles. The summed E-state index contributed by atoms with van der Waals surface area (Å²) in [7, 11) is 0. The summed E-state index contributed by atoms with van der Waals surface area (Å²) >= 11 is 0. The summed E-state index contributed by atoms with van der Waals surface area (Å²) in [5.41, 5.74) is 5.38. The summed E-state index contributed by atoms with van der Waals surface area (Å²) < 4.78 is 5.69. The van der Waals surface area contributed by atoms with Crippen LogP contribution in [0.3, 0.4) is 0 Å². The maximum absolute atomic E-state index is 13.2. The fourth-order valence-corrected chi connectivity index (χ4v) is 4.82. The van der Waals surface area contributed by atoms with Crippen molar-refractivity contribution in [3.63, 3.8) is 0 Å². The molecule has 1 heterocycles. The van der Waals surface area contributed by atoms with Crippen LogP contribution in [0.1, 0.15) is 116 Å². The third-order valence-corrected chi connectivity index (χ3v) is 7.26. The van der Waals surface area contributed by atoms with Crippen LogP contribution < -0.4 is 0 Å². The SMILES string of the molecule is CCCCCCc1cc2c(cc1C(=O)OCCc1ccc(C(=O)O)cn1)C(C)(C)CCC2(C)C. The van der Waals surface area contributed by atoms with Crippen LogP contribution in [0, 0.1) is 0 Å². The van der Waals surface area contributed by atoms with Crippen LogP contribution in [0.4, 0.5) is 0 Å². The smallest absolute Gasteiger partial charge is 0.338 e. The number of aromatic carboxylic acids is 1. The van der Waals surface area contributed by atoms with Crippen molar-refractivity contribution in [2.24, 2.45) is 0 Å². The molecule has 1 aliphatic carbocycles. The number of nitrogens with zero attached hydrogens (tertiary/aromatic N) is 1. The first-order chi connectivity index (χ1) is 16.0. The molecule has 184 valence electrons. The number of carbonyl (C=O) groups is 2. The van der Waals surface area contributed by atoms with Crippen LogP contribution in [0.2, 0.25) is 0 Å². The number of esters is 1. The van der Waals surface area contributed by atoms with Gasteiger partial charge in [0.1, 0.15) is 0 Å². The molecule has 0 saturated heterocycles. The molecular weight excluding hydrogens is 426 g/mol. The molecule has 5 heteroatoms. The summed E-state index contributed by atoms with van der Waals surface area (Å²) in [5, 5.41) is 9.01. The number of ether oxygens (including phenoxy) is 1. The van der Waals surface area contributed by atoms with E-state index >= 15 is 0 Å². The molecule has 1 aliphatic rings. The number of carbonyl (C=O) groups excluding carboxylic acids is 1. The van der Waals surface area contributed by atoms with Crippen LogP contribution in [0.15, 0.2) is 30.5 Å². The number of carboxylic acids is 1. The number of pyridine rings is 1. The van der Waals surface area contributed by atoms with Gasteiger partial charge in [0.25, 0.3) is 0 Å². The van der Waals surface area contributed by atoms with Gasteiger partial charge in [0.05, 0.1) is 17.7 Å². The van der Waals surface area contributed by atoms with E-state index in [0.29, 0.717) is 17.7 Å². The molecule has 0 spiro atoms. The van der Waals surface area contributed by atoms with Gasteiger partial charge >= 0.3 is 11.9 Å². The standard InChI is InChI=1S/C29H39NO4/c1-6-7-8-9-10-20-17-24-25(29(4,5)15-14-28(24,2)3)18-23(20)27(33)34-16-13-22-12-11-21(19-30-22)26(31)32/h11-12,17-19H,6-10,13-16H2,1-5H3,(H,31,32). The molecule has 34 heavy (non-hydrogen) atoms. The highest BCUT2D eigenvalue weighted by Gasteiger charge is 2.38. The summed E-state index contributed by atoms with van der Waals surface area (Å²) in [4.78, 5) is 28.4. The summed E-state index contributed by atoms with van der Waals surface area (Å²) in [6.07, 6.45) is 9.51. The number of unbranched alkanes of at least 4 members (excludes halogenated alkanes) is 3. The monoisotopic (exact) mass is 465 g/mol. The summed E-state index contributed by atoms with van der Waals surface area (Å²) in [6.45, 7) is 11.6. The lowest BCUT2D eigenvalue weighted by Gasteiger charge is -2.42. The number of hydrogen-bond acceptors (Lipinski definition) is 4. The molecule has 5 nitrogen and oxygen atoms in total. The molecule has 1 N–H and O–H groups in total. The molecule has 2 aromatic rings. The van der Waals surface area contributed by atoms with Crippen LogP contribution >= 0.6 is 0 Å². The van der Waals surface area contributed by atoms with E-state index in [2.05, 4.69) is 51.7 Å². The minimum atomic E-state index is -1.00. The minimum Gasteiger partial charge on any atom is -0.478 e. The van der Waals surface area contributed by atoms with Gasteiger partial charge in [-0.3, -0.25) is 4.98 Å². The maximum Gasteiger partial charge on any atom is 0.338 e. The minimum absolute atomic E-state index is 0.0242. The van der Waals surface area contributed by atoms with Crippen molar-refractivity contribution in [3.8, 4) is 0 Å². The van der Waals surface area contributed by atoms with Gasteiger partial charge in [0.2, 0.25) is 0 Å². The number of benzene rings is 1. The highest BCUT2D eigenvalue weighted by molar-refractivity contribution is 5.92. The van der Waals surface area contributed by atoms with Crippen molar-refractivity contribution in [2.75, 3.05) is 6.61 Å². The summed E-state index contributed by atoms with van der Waals surface area (Å²) in [5.74, 6) is -1.29. The van der Waals surface area contributed by atoms with Gasteiger partial charge in [-0.1, -0.05) is 59.9 Å². The van der Waals surface area contributed by atoms with Crippen LogP contribution in [0.5, 0.6) is 0 Å². The Morgan fingerprint density at radius 2 is 1.65 bits per heavy atom. The lowest BCUT2D eigenvalue weighted by Crippen LogP contribution is -2.34. The molecule has 0 aliphatic heterocycles. The molecule has 0 fully saturated rings. The van der Waals surface area contributed by atoms with Gasteiger partial charge in [0, 0.05) is 18.3 Å². The number of aromatic nitrogens is 1. The van der Waals surface area contributed by atoms with Crippen LogP contribution in [0.25, 0.3) is 0 Å². The molecule has 0 bridgehead atoms. The van der Waals surface area contributed by atoms with E-state index in [1.807, 2.05) is 0 Å². The molecule has 0 unspecified atom stereocenters. The van der Waals surface area contributed by atoms with Crippen molar-refractivity contribution >= 4 is 11.9 Å². The fraction of sp³-hybridized carbons (Fsp3) is 0.552. The van der Waals surface area contributed by atoms with Gasteiger partial charge in [-0.25, -0.2) is 9.59 Å². The topological polar surface area (TPSA) is 76.5 Å². The molecule has 3 rings (SSSR count). The predicted molar refractivity (Wildman–Crippen MR) is 135 cm³/mol. The van der Waals surface area contributed by atoms with Crippen molar-refractivity contribution in [1.82, 2.24) is 4.98 Å². The Kier molecular flexibility index (Phi) is 8.17. The number of hydrogen-bond donors (Lipinski definition) is 1. The zero-order valence-corrected chi connectivity index (χ0v) is 21.4. The second kappa shape index (κ2) is 10.7.